The zero-order valence-corrected chi connectivity index (χ0v) is 18.3. The van der Waals surface area contributed by atoms with E-state index in [1.807, 2.05) is 11.9 Å². The van der Waals surface area contributed by atoms with E-state index in [9.17, 15) is 13.2 Å². The minimum Gasteiger partial charge on any atom is -0.337 e. The molecule has 0 saturated heterocycles. The first-order chi connectivity index (χ1) is 13.4. The smallest absolute Gasteiger partial charge is 0.273 e. The summed E-state index contributed by atoms with van der Waals surface area (Å²) in [5.74, 6) is -0.139. The Kier molecular flexibility index (Phi) is 7.12. The zero-order chi connectivity index (χ0) is 20.1. The Morgan fingerprint density at radius 1 is 1.25 bits per heavy atom. The Morgan fingerprint density at radius 3 is 2.64 bits per heavy atom. The van der Waals surface area contributed by atoms with Crippen molar-refractivity contribution in [3.05, 3.63) is 45.4 Å². The molecule has 1 amide bonds. The van der Waals surface area contributed by atoms with Crippen molar-refractivity contribution < 1.29 is 13.2 Å². The fraction of sp³-hybridized carbons (Fsp3) is 0.500. The van der Waals surface area contributed by atoms with Gasteiger partial charge in [-0.1, -0.05) is 43.4 Å². The van der Waals surface area contributed by atoms with E-state index in [4.69, 9.17) is 11.6 Å². The normalized spacial score (nSPS) is 15.9. The molecule has 0 radical (unpaired) electrons. The van der Waals surface area contributed by atoms with Crippen molar-refractivity contribution in [1.29, 1.82) is 0 Å². The highest BCUT2D eigenvalue weighted by Gasteiger charge is 2.24. The molecule has 5 nitrogen and oxygen atoms in total. The van der Waals surface area contributed by atoms with Gasteiger partial charge in [0.05, 0.1) is 15.7 Å². The summed E-state index contributed by atoms with van der Waals surface area (Å²) in [6.45, 7) is 0. The van der Waals surface area contributed by atoms with Gasteiger partial charge in [0.25, 0.3) is 5.91 Å². The highest BCUT2D eigenvalue weighted by Crippen LogP contribution is 2.23. The van der Waals surface area contributed by atoms with Crippen LogP contribution in [0.25, 0.3) is 0 Å². The monoisotopic (exact) mass is 440 g/mol. The van der Waals surface area contributed by atoms with Gasteiger partial charge < -0.3 is 4.90 Å². The van der Waals surface area contributed by atoms with Gasteiger partial charge in [-0.15, -0.1) is 11.3 Å². The summed E-state index contributed by atoms with van der Waals surface area (Å²) in [5.41, 5.74) is 0.409. The van der Waals surface area contributed by atoms with Crippen molar-refractivity contribution in [3.8, 4) is 0 Å². The van der Waals surface area contributed by atoms with Crippen LogP contribution in [0.4, 0.5) is 0 Å². The minimum absolute atomic E-state index is 0.0625. The average molecular weight is 441 g/mol. The second-order valence-electron chi connectivity index (χ2n) is 7.21. The summed E-state index contributed by atoms with van der Waals surface area (Å²) in [6, 6.07) is 6.53. The summed E-state index contributed by atoms with van der Waals surface area (Å²) in [6.07, 6.45) is 7.15. The summed E-state index contributed by atoms with van der Waals surface area (Å²) in [5, 5.41) is 2.78. The third-order valence-corrected chi connectivity index (χ3v) is 8.06. The maximum atomic E-state index is 12.8. The van der Waals surface area contributed by atoms with Gasteiger partial charge in [-0.05, 0) is 31.0 Å². The topological polar surface area (TPSA) is 67.3 Å². The van der Waals surface area contributed by atoms with E-state index in [1.54, 1.807) is 23.6 Å². The van der Waals surface area contributed by atoms with Gasteiger partial charge in [0.2, 0.25) is 0 Å². The molecule has 1 aromatic heterocycles. The number of aryl methyl sites for hydroxylation is 1. The molecule has 1 aliphatic rings. The number of halogens is 1. The molecule has 1 saturated carbocycles. The van der Waals surface area contributed by atoms with Crippen LogP contribution in [0.1, 0.15) is 54.0 Å². The highest BCUT2D eigenvalue weighted by atomic mass is 35.5. The molecule has 1 heterocycles. The van der Waals surface area contributed by atoms with Crippen LogP contribution < -0.4 is 0 Å². The largest absolute Gasteiger partial charge is 0.337 e. The van der Waals surface area contributed by atoms with E-state index in [2.05, 4.69) is 4.98 Å². The molecule has 0 bridgehead atoms. The molecular formula is C20H25ClN2O3S2. The maximum absolute atomic E-state index is 12.8. The molecule has 0 spiro atoms. The Morgan fingerprint density at radius 2 is 1.96 bits per heavy atom. The van der Waals surface area contributed by atoms with Crippen LogP contribution in [-0.2, 0) is 16.3 Å². The first kappa shape index (κ1) is 21.3. The van der Waals surface area contributed by atoms with Crippen LogP contribution in [-0.4, -0.2) is 43.1 Å². The number of aromatic nitrogens is 1. The molecule has 0 aliphatic heterocycles. The quantitative estimate of drug-likeness (QED) is 0.615. The summed E-state index contributed by atoms with van der Waals surface area (Å²) < 4.78 is 25.0. The molecule has 1 fully saturated rings. The molecule has 1 aromatic carbocycles. The van der Waals surface area contributed by atoms with Crippen molar-refractivity contribution in [2.75, 3.05) is 12.8 Å². The number of carbonyl (C=O) groups excluding carboxylic acids is 1. The van der Waals surface area contributed by atoms with E-state index in [0.717, 1.165) is 25.7 Å². The number of thiazole rings is 1. The predicted molar refractivity (Wildman–Crippen MR) is 113 cm³/mol. The van der Waals surface area contributed by atoms with Gasteiger partial charge >= 0.3 is 0 Å². The Bertz CT molecular complexity index is 919. The average Bonchev–Trinajstić information content (AvgIpc) is 2.99. The molecule has 152 valence electrons. The fourth-order valence-corrected chi connectivity index (χ4v) is 5.96. The number of sulfone groups is 1. The van der Waals surface area contributed by atoms with Crippen LogP contribution in [0.3, 0.4) is 0 Å². The van der Waals surface area contributed by atoms with Gasteiger partial charge in [0, 0.05) is 29.9 Å². The number of hydrogen-bond donors (Lipinski definition) is 0. The third kappa shape index (κ3) is 5.33. The predicted octanol–water partition coefficient (Wildman–Crippen LogP) is 4.61. The Hall–Kier alpha value is -1.44. The van der Waals surface area contributed by atoms with Crippen molar-refractivity contribution >= 4 is 38.7 Å². The molecule has 0 atom stereocenters. The van der Waals surface area contributed by atoms with E-state index >= 15 is 0 Å². The molecule has 1 aliphatic carbocycles. The van der Waals surface area contributed by atoms with E-state index in [0.29, 0.717) is 15.7 Å². The highest BCUT2D eigenvalue weighted by molar-refractivity contribution is 7.91. The van der Waals surface area contributed by atoms with Gasteiger partial charge in [-0.25, -0.2) is 13.4 Å². The van der Waals surface area contributed by atoms with Crippen LogP contribution in [0, 0.1) is 0 Å². The number of amides is 1. The van der Waals surface area contributed by atoms with Crippen LogP contribution in [0.2, 0.25) is 5.02 Å². The molecule has 0 unspecified atom stereocenters. The van der Waals surface area contributed by atoms with Crippen LogP contribution in [0.5, 0.6) is 0 Å². The summed E-state index contributed by atoms with van der Waals surface area (Å²) in [7, 11) is -1.59. The minimum atomic E-state index is -3.44. The van der Waals surface area contributed by atoms with Crippen molar-refractivity contribution in [2.24, 2.45) is 0 Å². The van der Waals surface area contributed by atoms with Crippen LogP contribution in [0.15, 0.2) is 34.5 Å². The Balaban J connectivity index is 1.62. The van der Waals surface area contributed by atoms with Crippen molar-refractivity contribution in [1.82, 2.24) is 9.88 Å². The van der Waals surface area contributed by atoms with Gasteiger partial charge in [-0.3, -0.25) is 4.79 Å². The molecule has 0 N–H and O–H groups in total. The van der Waals surface area contributed by atoms with Crippen LogP contribution >= 0.6 is 22.9 Å². The van der Waals surface area contributed by atoms with E-state index in [1.165, 1.54) is 30.2 Å². The van der Waals surface area contributed by atoms with E-state index in [-0.39, 0.29) is 29.0 Å². The zero-order valence-electron chi connectivity index (χ0n) is 15.9. The first-order valence-corrected chi connectivity index (χ1v) is 12.5. The van der Waals surface area contributed by atoms with E-state index < -0.39 is 9.84 Å². The lowest BCUT2D eigenvalue weighted by molar-refractivity contribution is 0.0712. The fourth-order valence-electron chi connectivity index (χ4n) is 3.52. The van der Waals surface area contributed by atoms with Crippen molar-refractivity contribution in [2.45, 2.75) is 55.9 Å². The first-order valence-electron chi connectivity index (χ1n) is 9.57. The molecule has 28 heavy (non-hydrogen) atoms. The summed E-state index contributed by atoms with van der Waals surface area (Å²) >= 11 is 7.23. The number of hydrogen-bond acceptors (Lipinski definition) is 5. The lowest BCUT2D eigenvalue weighted by Crippen LogP contribution is -2.36. The number of benzene rings is 1. The maximum Gasteiger partial charge on any atom is 0.273 e. The second kappa shape index (κ2) is 9.37. The standard InChI is InChI=1S/C20H25ClN2O3S2/c1-23(16-8-4-2-3-5-9-16)20(24)18-14-27-19(22-18)11-12-28(25,26)17-10-6-7-15(21)13-17/h6-7,10,13-14,16H,2-5,8-9,11-12H2,1H3. The molecule has 2 aromatic rings. The lowest BCUT2D eigenvalue weighted by atomic mass is 10.1. The molecule has 8 heteroatoms. The number of nitrogens with zero attached hydrogens (tertiary/aromatic N) is 2. The third-order valence-electron chi connectivity index (χ3n) is 5.20. The molecule has 3 rings (SSSR count). The van der Waals surface area contributed by atoms with Gasteiger partial charge in [-0.2, -0.15) is 0 Å². The van der Waals surface area contributed by atoms with Gasteiger partial charge in [0.1, 0.15) is 5.69 Å². The van der Waals surface area contributed by atoms with Crippen molar-refractivity contribution in [3.63, 3.8) is 0 Å². The summed E-state index contributed by atoms with van der Waals surface area (Å²) in [4.78, 5) is 19.2. The number of carbonyl (C=O) groups is 1. The number of rotatable bonds is 6. The van der Waals surface area contributed by atoms with Gasteiger partial charge in [0.15, 0.2) is 9.84 Å². The Labute approximate surface area is 175 Å². The second-order valence-corrected chi connectivity index (χ2v) is 10.7. The lowest BCUT2D eigenvalue weighted by Gasteiger charge is -2.26. The SMILES string of the molecule is CN(C(=O)c1csc(CCS(=O)(=O)c2cccc(Cl)c2)n1)C1CCCCCC1. The molecular weight excluding hydrogens is 416 g/mol.